The van der Waals surface area contributed by atoms with Crippen LogP contribution in [0.15, 0.2) is 30.5 Å². The van der Waals surface area contributed by atoms with Gasteiger partial charge in [-0.05, 0) is 49.9 Å². The summed E-state index contributed by atoms with van der Waals surface area (Å²) in [6.45, 7) is 10.1. The molecule has 0 atom stereocenters. The van der Waals surface area contributed by atoms with Crippen LogP contribution in [0.2, 0.25) is 0 Å². The summed E-state index contributed by atoms with van der Waals surface area (Å²) in [7, 11) is 0. The number of para-hydroxylation sites is 1. The highest BCUT2D eigenvalue weighted by molar-refractivity contribution is 5.84. The largest absolute Gasteiger partial charge is 0.347 e. The van der Waals surface area contributed by atoms with Gasteiger partial charge in [-0.1, -0.05) is 39.0 Å². The third-order valence-corrected chi connectivity index (χ3v) is 3.82. The molecule has 110 valence electrons. The topological polar surface area (TPSA) is 17.0 Å². The Kier molecular flexibility index (Phi) is 5.66. The average molecular weight is 272 g/mol. The summed E-state index contributed by atoms with van der Waals surface area (Å²) in [5.74, 6) is 0.755. The monoisotopic (exact) mass is 272 g/mol. The van der Waals surface area contributed by atoms with Gasteiger partial charge < -0.3 is 9.88 Å². The molecule has 2 nitrogen and oxygen atoms in total. The Hall–Kier alpha value is -1.28. The lowest BCUT2D eigenvalue weighted by Gasteiger charge is -2.07. The van der Waals surface area contributed by atoms with Crippen molar-refractivity contribution in [1.29, 1.82) is 0 Å². The normalized spacial score (nSPS) is 11.6. The molecular formula is C18H28N2. The summed E-state index contributed by atoms with van der Waals surface area (Å²) in [5.41, 5.74) is 2.87. The van der Waals surface area contributed by atoms with Crippen molar-refractivity contribution in [2.24, 2.45) is 5.92 Å². The highest BCUT2D eigenvalue weighted by Gasteiger charge is 2.08. The van der Waals surface area contributed by atoms with E-state index in [2.05, 4.69) is 61.1 Å². The van der Waals surface area contributed by atoms with Gasteiger partial charge in [0.15, 0.2) is 0 Å². The molecule has 0 radical (unpaired) electrons. The second kappa shape index (κ2) is 7.49. The number of benzene rings is 1. The maximum absolute atomic E-state index is 3.50. The van der Waals surface area contributed by atoms with Crippen molar-refractivity contribution < 1.29 is 0 Å². The van der Waals surface area contributed by atoms with Crippen LogP contribution in [-0.2, 0) is 13.0 Å². The van der Waals surface area contributed by atoms with E-state index in [-0.39, 0.29) is 0 Å². The fourth-order valence-corrected chi connectivity index (χ4v) is 2.63. The smallest absolute Gasteiger partial charge is 0.0483 e. The maximum Gasteiger partial charge on any atom is 0.0483 e. The summed E-state index contributed by atoms with van der Waals surface area (Å²) in [4.78, 5) is 0. The third-order valence-electron chi connectivity index (χ3n) is 3.82. The predicted octanol–water partition coefficient (Wildman–Crippen LogP) is 4.23. The molecule has 1 aromatic carbocycles. The number of aryl methyl sites for hydroxylation is 1. The van der Waals surface area contributed by atoms with E-state index < -0.39 is 0 Å². The molecular weight excluding hydrogens is 244 g/mol. The van der Waals surface area contributed by atoms with Crippen LogP contribution in [0.1, 0.15) is 39.2 Å². The predicted molar refractivity (Wildman–Crippen MR) is 88.3 cm³/mol. The van der Waals surface area contributed by atoms with Gasteiger partial charge in [-0.2, -0.15) is 0 Å². The summed E-state index contributed by atoms with van der Waals surface area (Å²) < 4.78 is 2.44. The molecule has 2 heteroatoms. The van der Waals surface area contributed by atoms with Crippen molar-refractivity contribution in [3.8, 4) is 0 Å². The molecule has 0 amide bonds. The van der Waals surface area contributed by atoms with Crippen LogP contribution in [0, 0.1) is 5.92 Å². The SMILES string of the molecule is CCCNCCc1cn(CCC(C)C)c2ccccc12. The van der Waals surface area contributed by atoms with E-state index >= 15 is 0 Å². The van der Waals surface area contributed by atoms with Crippen molar-refractivity contribution in [3.63, 3.8) is 0 Å². The Labute approximate surface area is 123 Å². The van der Waals surface area contributed by atoms with Crippen molar-refractivity contribution in [2.45, 2.75) is 46.6 Å². The van der Waals surface area contributed by atoms with Gasteiger partial charge in [0.1, 0.15) is 0 Å². The third kappa shape index (κ3) is 3.86. The number of nitrogens with one attached hydrogen (secondary N) is 1. The molecule has 2 aromatic rings. The van der Waals surface area contributed by atoms with Gasteiger partial charge in [0.05, 0.1) is 0 Å². The Bertz CT molecular complexity index is 525. The number of nitrogens with zero attached hydrogens (tertiary/aromatic N) is 1. The Morgan fingerprint density at radius 3 is 2.70 bits per heavy atom. The first kappa shape index (κ1) is 15.1. The van der Waals surface area contributed by atoms with Crippen molar-refractivity contribution >= 4 is 10.9 Å². The van der Waals surface area contributed by atoms with E-state index in [4.69, 9.17) is 0 Å². The maximum atomic E-state index is 3.50. The number of hydrogen-bond acceptors (Lipinski definition) is 1. The summed E-state index contributed by atoms with van der Waals surface area (Å²) in [6, 6.07) is 8.81. The van der Waals surface area contributed by atoms with Gasteiger partial charge in [0.25, 0.3) is 0 Å². The lowest BCUT2D eigenvalue weighted by Crippen LogP contribution is -2.17. The molecule has 0 fully saturated rings. The second-order valence-electron chi connectivity index (χ2n) is 6.05. The minimum absolute atomic E-state index is 0.755. The minimum atomic E-state index is 0.755. The highest BCUT2D eigenvalue weighted by Crippen LogP contribution is 2.22. The first-order valence-corrected chi connectivity index (χ1v) is 7.99. The average Bonchev–Trinajstić information content (AvgIpc) is 2.80. The Morgan fingerprint density at radius 1 is 1.15 bits per heavy atom. The van der Waals surface area contributed by atoms with Crippen LogP contribution in [-0.4, -0.2) is 17.7 Å². The fourth-order valence-electron chi connectivity index (χ4n) is 2.63. The first-order chi connectivity index (χ1) is 9.72. The van der Waals surface area contributed by atoms with Crippen molar-refractivity contribution in [3.05, 3.63) is 36.0 Å². The lowest BCUT2D eigenvalue weighted by molar-refractivity contribution is 0.524. The van der Waals surface area contributed by atoms with E-state index in [1.807, 2.05) is 0 Å². The molecule has 20 heavy (non-hydrogen) atoms. The van der Waals surface area contributed by atoms with Gasteiger partial charge in [-0.15, -0.1) is 0 Å². The number of rotatable bonds is 8. The molecule has 1 aromatic heterocycles. The van der Waals surface area contributed by atoms with Gasteiger partial charge in [-0.25, -0.2) is 0 Å². The van der Waals surface area contributed by atoms with Crippen molar-refractivity contribution in [1.82, 2.24) is 9.88 Å². The van der Waals surface area contributed by atoms with Crippen molar-refractivity contribution in [2.75, 3.05) is 13.1 Å². The van der Waals surface area contributed by atoms with E-state index in [1.165, 1.54) is 29.3 Å². The van der Waals surface area contributed by atoms with Gasteiger partial charge in [0.2, 0.25) is 0 Å². The van der Waals surface area contributed by atoms with Gasteiger partial charge >= 0.3 is 0 Å². The fraction of sp³-hybridized carbons (Fsp3) is 0.556. The van der Waals surface area contributed by atoms with E-state index in [0.29, 0.717) is 0 Å². The number of aromatic nitrogens is 1. The quantitative estimate of drug-likeness (QED) is 0.712. The molecule has 0 unspecified atom stereocenters. The summed E-state index contributed by atoms with van der Waals surface area (Å²) in [6.07, 6.45) is 5.93. The summed E-state index contributed by atoms with van der Waals surface area (Å²) in [5, 5.41) is 4.92. The molecule has 0 saturated carbocycles. The van der Waals surface area contributed by atoms with Crippen LogP contribution >= 0.6 is 0 Å². The van der Waals surface area contributed by atoms with E-state index in [0.717, 1.165) is 32.0 Å². The lowest BCUT2D eigenvalue weighted by atomic mass is 10.1. The molecule has 0 spiro atoms. The van der Waals surface area contributed by atoms with Crippen LogP contribution in [0.3, 0.4) is 0 Å². The molecule has 2 rings (SSSR count). The molecule has 0 aliphatic carbocycles. The van der Waals surface area contributed by atoms with Gasteiger partial charge in [0, 0.05) is 23.6 Å². The zero-order chi connectivity index (χ0) is 14.4. The van der Waals surface area contributed by atoms with Crippen LogP contribution in [0.25, 0.3) is 10.9 Å². The summed E-state index contributed by atoms with van der Waals surface area (Å²) >= 11 is 0. The van der Waals surface area contributed by atoms with Crippen LogP contribution in [0.5, 0.6) is 0 Å². The van der Waals surface area contributed by atoms with Gasteiger partial charge in [-0.3, -0.25) is 0 Å². The standard InChI is InChI=1S/C18H28N2/c1-4-11-19-12-9-16-14-20(13-10-15(2)3)18-8-6-5-7-17(16)18/h5-8,14-15,19H,4,9-13H2,1-3H3. The first-order valence-electron chi connectivity index (χ1n) is 7.99. The molecule has 0 aliphatic heterocycles. The van der Waals surface area contributed by atoms with E-state index in [9.17, 15) is 0 Å². The second-order valence-corrected chi connectivity index (χ2v) is 6.05. The number of fused-ring (bicyclic) bond motifs is 1. The molecule has 1 N–H and O–H groups in total. The Balaban J connectivity index is 2.13. The molecule has 0 saturated heterocycles. The molecule has 0 bridgehead atoms. The van der Waals surface area contributed by atoms with Crippen LogP contribution < -0.4 is 5.32 Å². The van der Waals surface area contributed by atoms with Crippen LogP contribution in [0.4, 0.5) is 0 Å². The molecule has 1 heterocycles. The number of hydrogen-bond donors (Lipinski definition) is 1. The Morgan fingerprint density at radius 2 is 1.95 bits per heavy atom. The molecule has 0 aliphatic rings. The van der Waals surface area contributed by atoms with E-state index in [1.54, 1.807) is 0 Å². The minimum Gasteiger partial charge on any atom is -0.347 e. The zero-order valence-electron chi connectivity index (χ0n) is 13.2. The zero-order valence-corrected chi connectivity index (χ0v) is 13.2. The highest BCUT2D eigenvalue weighted by atomic mass is 15.0.